The number of carbonyl (C=O) groups excluding carboxylic acids is 1. The van der Waals surface area contributed by atoms with Gasteiger partial charge in [-0.3, -0.25) is 14.9 Å². The number of hydrogen-bond acceptors (Lipinski definition) is 5. The molecule has 0 saturated carbocycles. The normalized spacial score (nSPS) is 12.0. The Bertz CT molecular complexity index is 713. The summed E-state index contributed by atoms with van der Waals surface area (Å²) in [6, 6.07) is 6.87. The van der Waals surface area contributed by atoms with Crippen LogP contribution in [0.4, 0.5) is 5.69 Å². The molecule has 1 heterocycles. The molecule has 1 atom stereocenters. The summed E-state index contributed by atoms with van der Waals surface area (Å²) in [6.45, 7) is 1.67. The van der Waals surface area contributed by atoms with Crippen LogP contribution in [0.25, 0.3) is 0 Å². The maximum absolute atomic E-state index is 12.0. The lowest BCUT2D eigenvalue weighted by Crippen LogP contribution is -2.28. The first-order valence-electron chi connectivity index (χ1n) is 6.35. The van der Waals surface area contributed by atoms with Crippen LogP contribution in [0.1, 0.15) is 28.0 Å². The highest BCUT2D eigenvalue weighted by atomic mass is 35.5. The van der Waals surface area contributed by atoms with Crippen molar-refractivity contribution in [2.24, 2.45) is 0 Å². The van der Waals surface area contributed by atoms with E-state index in [9.17, 15) is 20.0 Å². The summed E-state index contributed by atoms with van der Waals surface area (Å²) in [5.41, 5.74) is -0.109. The van der Waals surface area contributed by atoms with E-state index in [2.05, 4.69) is 5.32 Å². The molecule has 7 nitrogen and oxygen atoms in total. The average Bonchev–Trinajstić information content (AvgIpc) is 2.90. The van der Waals surface area contributed by atoms with Crippen LogP contribution in [-0.2, 0) is 0 Å². The molecule has 2 rings (SSSR count). The molecule has 22 heavy (non-hydrogen) atoms. The fourth-order valence-corrected chi connectivity index (χ4v) is 2.08. The highest BCUT2D eigenvalue weighted by molar-refractivity contribution is 6.34. The number of benzene rings is 1. The summed E-state index contributed by atoms with van der Waals surface area (Å²) < 4.78 is 5.25. The number of furan rings is 1. The van der Waals surface area contributed by atoms with Crippen LogP contribution in [0.5, 0.6) is 0 Å². The fraction of sp³-hybridized carbons (Fsp3) is 0.214. The average molecular weight is 325 g/mol. The maximum atomic E-state index is 12.0. The molecule has 2 aromatic rings. The van der Waals surface area contributed by atoms with Crippen LogP contribution in [0.3, 0.4) is 0 Å². The van der Waals surface area contributed by atoms with E-state index in [0.717, 1.165) is 6.07 Å². The van der Waals surface area contributed by atoms with Crippen molar-refractivity contribution in [1.82, 2.24) is 5.32 Å². The van der Waals surface area contributed by atoms with E-state index in [1.165, 1.54) is 12.1 Å². The second kappa shape index (κ2) is 6.59. The van der Waals surface area contributed by atoms with E-state index in [4.69, 9.17) is 16.0 Å². The SMILES string of the molecule is Cc1ccc(C(O)CNC(=O)c2ccc([N+](=O)[O-])cc2Cl)o1. The van der Waals surface area contributed by atoms with E-state index in [1.54, 1.807) is 19.1 Å². The summed E-state index contributed by atoms with van der Waals surface area (Å²) in [4.78, 5) is 22.0. The van der Waals surface area contributed by atoms with Crippen molar-refractivity contribution in [3.63, 3.8) is 0 Å². The summed E-state index contributed by atoms with van der Waals surface area (Å²) in [6.07, 6.45) is -0.991. The fourth-order valence-electron chi connectivity index (χ4n) is 1.82. The molecule has 1 aromatic carbocycles. The minimum Gasteiger partial charge on any atom is -0.464 e. The molecule has 0 saturated heterocycles. The molecule has 0 aliphatic carbocycles. The predicted octanol–water partition coefficient (Wildman–Crippen LogP) is 2.61. The number of aryl methyl sites for hydroxylation is 1. The summed E-state index contributed by atoms with van der Waals surface area (Å²) in [5.74, 6) is 0.452. The highest BCUT2D eigenvalue weighted by Crippen LogP contribution is 2.22. The Balaban J connectivity index is 2.02. The van der Waals surface area contributed by atoms with Gasteiger partial charge in [-0.2, -0.15) is 0 Å². The number of nitro benzene ring substituents is 1. The van der Waals surface area contributed by atoms with Gasteiger partial charge in [-0.25, -0.2) is 0 Å². The Morgan fingerprint density at radius 3 is 2.73 bits per heavy atom. The van der Waals surface area contributed by atoms with Gasteiger partial charge >= 0.3 is 0 Å². The lowest BCUT2D eigenvalue weighted by Gasteiger charge is -2.10. The number of amides is 1. The van der Waals surface area contributed by atoms with Crippen molar-refractivity contribution < 1.29 is 19.2 Å². The lowest BCUT2D eigenvalue weighted by atomic mass is 10.2. The van der Waals surface area contributed by atoms with Crippen LogP contribution in [-0.4, -0.2) is 22.5 Å². The van der Waals surface area contributed by atoms with Crippen LogP contribution in [0.15, 0.2) is 34.7 Å². The number of carbonyl (C=O) groups is 1. The quantitative estimate of drug-likeness (QED) is 0.649. The molecule has 0 bridgehead atoms. The number of aliphatic hydroxyl groups excluding tert-OH is 1. The Morgan fingerprint density at radius 1 is 1.45 bits per heavy atom. The van der Waals surface area contributed by atoms with Gasteiger partial charge in [0.25, 0.3) is 11.6 Å². The molecule has 116 valence electrons. The zero-order valence-corrected chi connectivity index (χ0v) is 12.3. The van der Waals surface area contributed by atoms with Gasteiger partial charge < -0.3 is 14.8 Å². The van der Waals surface area contributed by atoms with Crippen LogP contribution >= 0.6 is 11.6 Å². The largest absolute Gasteiger partial charge is 0.464 e. The van der Waals surface area contributed by atoms with E-state index in [1.807, 2.05) is 0 Å². The minimum absolute atomic E-state index is 0.0324. The van der Waals surface area contributed by atoms with Crippen LogP contribution < -0.4 is 5.32 Å². The minimum atomic E-state index is -0.991. The van der Waals surface area contributed by atoms with E-state index in [0.29, 0.717) is 11.5 Å². The van der Waals surface area contributed by atoms with E-state index >= 15 is 0 Å². The molecule has 0 fully saturated rings. The zero-order chi connectivity index (χ0) is 16.3. The third-order valence-electron chi connectivity index (χ3n) is 2.95. The second-order valence-electron chi connectivity index (χ2n) is 4.60. The molecule has 0 aliphatic rings. The first-order chi connectivity index (χ1) is 10.4. The monoisotopic (exact) mass is 324 g/mol. The lowest BCUT2D eigenvalue weighted by molar-refractivity contribution is -0.384. The number of aliphatic hydroxyl groups is 1. The van der Waals surface area contributed by atoms with E-state index in [-0.39, 0.29) is 22.8 Å². The van der Waals surface area contributed by atoms with Crippen molar-refractivity contribution >= 4 is 23.2 Å². The molecular formula is C14H13ClN2O5. The number of nitrogens with one attached hydrogen (secondary N) is 1. The van der Waals surface area contributed by atoms with Gasteiger partial charge in [0.1, 0.15) is 17.6 Å². The third-order valence-corrected chi connectivity index (χ3v) is 3.27. The van der Waals surface area contributed by atoms with Gasteiger partial charge in [0.05, 0.1) is 22.1 Å². The predicted molar refractivity (Wildman–Crippen MR) is 78.8 cm³/mol. The smallest absolute Gasteiger partial charge is 0.270 e. The molecule has 1 amide bonds. The molecule has 0 radical (unpaired) electrons. The van der Waals surface area contributed by atoms with Crippen molar-refractivity contribution in [2.45, 2.75) is 13.0 Å². The van der Waals surface area contributed by atoms with Gasteiger partial charge in [0, 0.05) is 12.1 Å². The van der Waals surface area contributed by atoms with Crippen molar-refractivity contribution in [3.05, 3.63) is 62.6 Å². The number of nitro groups is 1. The Labute approximate surface area is 130 Å². The number of non-ortho nitro benzene ring substituents is 1. The molecule has 0 spiro atoms. The standard InChI is InChI=1S/C14H13ClN2O5/c1-8-2-5-13(22-8)12(18)7-16-14(19)10-4-3-9(17(20)21)6-11(10)15/h2-6,12,18H,7H2,1H3,(H,16,19). The number of nitrogens with zero attached hydrogens (tertiary/aromatic N) is 1. The topological polar surface area (TPSA) is 106 Å². The third kappa shape index (κ3) is 3.63. The Hall–Kier alpha value is -2.38. The van der Waals surface area contributed by atoms with Gasteiger partial charge in [0.2, 0.25) is 0 Å². The summed E-state index contributed by atoms with van der Waals surface area (Å²) in [7, 11) is 0. The molecule has 8 heteroatoms. The Morgan fingerprint density at radius 2 is 2.18 bits per heavy atom. The number of halogens is 1. The van der Waals surface area contributed by atoms with Crippen molar-refractivity contribution in [1.29, 1.82) is 0 Å². The first kappa shape index (κ1) is 16.0. The van der Waals surface area contributed by atoms with Crippen molar-refractivity contribution in [2.75, 3.05) is 6.54 Å². The van der Waals surface area contributed by atoms with Crippen molar-refractivity contribution in [3.8, 4) is 0 Å². The molecular weight excluding hydrogens is 312 g/mol. The second-order valence-corrected chi connectivity index (χ2v) is 5.00. The van der Waals surface area contributed by atoms with Crippen LogP contribution in [0, 0.1) is 17.0 Å². The van der Waals surface area contributed by atoms with Gasteiger partial charge in [0.15, 0.2) is 0 Å². The van der Waals surface area contributed by atoms with Gasteiger partial charge in [-0.05, 0) is 25.1 Å². The first-order valence-corrected chi connectivity index (χ1v) is 6.73. The Kier molecular flexibility index (Phi) is 4.79. The molecule has 0 aliphatic heterocycles. The molecule has 1 aromatic heterocycles. The van der Waals surface area contributed by atoms with Gasteiger partial charge in [-0.1, -0.05) is 11.6 Å². The summed E-state index contributed by atoms with van der Waals surface area (Å²) >= 11 is 5.86. The maximum Gasteiger partial charge on any atom is 0.270 e. The number of hydrogen-bond donors (Lipinski definition) is 2. The molecule has 2 N–H and O–H groups in total. The van der Waals surface area contributed by atoms with Gasteiger partial charge in [-0.15, -0.1) is 0 Å². The van der Waals surface area contributed by atoms with Crippen LogP contribution in [0.2, 0.25) is 5.02 Å². The number of rotatable bonds is 5. The highest BCUT2D eigenvalue weighted by Gasteiger charge is 2.17. The molecule has 1 unspecified atom stereocenters. The zero-order valence-electron chi connectivity index (χ0n) is 11.6. The van der Waals surface area contributed by atoms with E-state index < -0.39 is 16.9 Å². The summed E-state index contributed by atoms with van der Waals surface area (Å²) in [5, 5.41) is 23.0.